The Bertz CT molecular complexity index is 230. The summed E-state index contributed by atoms with van der Waals surface area (Å²) in [5.74, 6) is 1.01. The molecule has 2 fully saturated rings. The van der Waals surface area contributed by atoms with Gasteiger partial charge in [-0.1, -0.05) is 12.8 Å². The Balaban J connectivity index is 1.62. The van der Waals surface area contributed by atoms with Gasteiger partial charge in [0.25, 0.3) is 0 Å². The van der Waals surface area contributed by atoms with E-state index in [1.165, 1.54) is 25.7 Å². The first-order chi connectivity index (χ1) is 7.18. The lowest BCUT2D eigenvalue weighted by molar-refractivity contribution is -0.121. The Morgan fingerprint density at radius 3 is 2.60 bits per heavy atom. The molecule has 0 radical (unpaired) electrons. The quantitative estimate of drug-likeness (QED) is 0.721. The van der Waals surface area contributed by atoms with Crippen molar-refractivity contribution in [2.45, 2.75) is 51.0 Å². The Morgan fingerprint density at radius 1 is 1.33 bits per heavy atom. The van der Waals surface area contributed by atoms with Crippen LogP contribution in [0, 0.1) is 5.92 Å². The number of hydrogen-bond donors (Lipinski definition) is 2. The normalized spacial score (nSPS) is 24.1. The molecule has 2 rings (SSSR count). The zero-order chi connectivity index (χ0) is 10.7. The van der Waals surface area contributed by atoms with Crippen LogP contribution in [0.4, 0.5) is 0 Å². The second kappa shape index (κ2) is 4.52. The molecule has 2 aliphatic carbocycles. The summed E-state index contributed by atoms with van der Waals surface area (Å²) in [6.07, 6.45) is 7.47. The van der Waals surface area contributed by atoms with E-state index in [-0.39, 0.29) is 11.4 Å². The van der Waals surface area contributed by atoms with E-state index in [2.05, 4.69) is 17.6 Å². The number of amides is 1. The topological polar surface area (TPSA) is 41.1 Å². The minimum atomic E-state index is 0.0817. The average molecular weight is 210 g/mol. The molecule has 2 aliphatic rings. The summed E-state index contributed by atoms with van der Waals surface area (Å²) in [5, 5.41) is 6.37. The minimum Gasteiger partial charge on any atom is -0.350 e. The summed E-state index contributed by atoms with van der Waals surface area (Å²) < 4.78 is 0. The molecule has 3 nitrogen and oxygen atoms in total. The molecule has 2 saturated carbocycles. The second-order valence-corrected chi connectivity index (χ2v) is 5.39. The highest BCUT2D eigenvalue weighted by Gasteiger charge is 2.29. The van der Waals surface area contributed by atoms with E-state index < -0.39 is 0 Å². The standard InChI is InChI=1S/C12H22N2O/c1-12(6-2-3-7-12)14-11(15)9-13-8-10-4-5-10/h10,13H,2-9H2,1H3,(H,14,15). The van der Waals surface area contributed by atoms with Gasteiger partial charge >= 0.3 is 0 Å². The molecule has 0 heterocycles. The number of carbonyl (C=O) groups is 1. The predicted octanol–water partition coefficient (Wildman–Crippen LogP) is 1.43. The van der Waals surface area contributed by atoms with E-state index in [4.69, 9.17) is 0 Å². The van der Waals surface area contributed by atoms with Gasteiger partial charge in [0.1, 0.15) is 0 Å². The molecule has 0 saturated heterocycles. The van der Waals surface area contributed by atoms with Gasteiger partial charge in [-0.2, -0.15) is 0 Å². The van der Waals surface area contributed by atoms with Gasteiger partial charge in [0.15, 0.2) is 0 Å². The molecular formula is C12H22N2O. The Kier molecular flexibility index (Phi) is 3.29. The van der Waals surface area contributed by atoms with E-state index in [1.807, 2.05) is 0 Å². The molecular weight excluding hydrogens is 188 g/mol. The summed E-state index contributed by atoms with van der Waals surface area (Å²) >= 11 is 0. The molecule has 0 aromatic carbocycles. The Labute approximate surface area is 92.0 Å². The number of hydrogen-bond acceptors (Lipinski definition) is 2. The third kappa shape index (κ3) is 3.49. The summed E-state index contributed by atoms with van der Waals surface area (Å²) in [6, 6.07) is 0. The van der Waals surface area contributed by atoms with Crippen LogP contribution in [0.3, 0.4) is 0 Å². The number of nitrogens with one attached hydrogen (secondary N) is 2. The maximum Gasteiger partial charge on any atom is 0.234 e. The van der Waals surface area contributed by atoms with Crippen LogP contribution in [0.5, 0.6) is 0 Å². The highest BCUT2D eigenvalue weighted by atomic mass is 16.2. The lowest BCUT2D eigenvalue weighted by Gasteiger charge is -2.25. The third-order valence-electron chi connectivity index (χ3n) is 3.56. The fourth-order valence-electron chi connectivity index (χ4n) is 2.37. The first-order valence-electron chi connectivity index (χ1n) is 6.20. The van der Waals surface area contributed by atoms with Crippen LogP contribution in [0.2, 0.25) is 0 Å². The van der Waals surface area contributed by atoms with E-state index in [0.717, 1.165) is 25.3 Å². The fraction of sp³-hybridized carbons (Fsp3) is 0.917. The summed E-state index contributed by atoms with van der Waals surface area (Å²) in [7, 11) is 0. The maximum absolute atomic E-state index is 11.6. The van der Waals surface area contributed by atoms with Crippen LogP contribution in [0.25, 0.3) is 0 Å². The summed E-state index contributed by atoms with van der Waals surface area (Å²) in [5.41, 5.74) is 0.0817. The SMILES string of the molecule is CC1(NC(=O)CNCC2CC2)CCCC1. The van der Waals surface area contributed by atoms with Crippen molar-refractivity contribution in [2.75, 3.05) is 13.1 Å². The molecule has 0 aliphatic heterocycles. The highest BCUT2D eigenvalue weighted by molar-refractivity contribution is 5.78. The van der Waals surface area contributed by atoms with Gasteiger partial charge in [0.2, 0.25) is 5.91 Å². The molecule has 0 unspecified atom stereocenters. The third-order valence-corrected chi connectivity index (χ3v) is 3.56. The number of rotatable bonds is 5. The van der Waals surface area contributed by atoms with E-state index in [9.17, 15) is 4.79 Å². The summed E-state index contributed by atoms with van der Waals surface area (Å²) in [6.45, 7) is 3.68. The van der Waals surface area contributed by atoms with E-state index >= 15 is 0 Å². The smallest absolute Gasteiger partial charge is 0.234 e. The minimum absolute atomic E-state index is 0.0817. The van der Waals surface area contributed by atoms with Gasteiger partial charge in [0, 0.05) is 5.54 Å². The zero-order valence-electron chi connectivity index (χ0n) is 9.64. The monoisotopic (exact) mass is 210 g/mol. The van der Waals surface area contributed by atoms with Crippen molar-refractivity contribution in [1.82, 2.24) is 10.6 Å². The molecule has 2 N–H and O–H groups in total. The molecule has 86 valence electrons. The lowest BCUT2D eigenvalue weighted by Crippen LogP contribution is -2.47. The van der Waals surface area contributed by atoms with Gasteiger partial charge in [-0.3, -0.25) is 4.79 Å². The highest BCUT2D eigenvalue weighted by Crippen LogP contribution is 2.29. The largest absolute Gasteiger partial charge is 0.350 e. The van der Waals surface area contributed by atoms with Crippen molar-refractivity contribution in [3.8, 4) is 0 Å². The fourth-order valence-corrected chi connectivity index (χ4v) is 2.37. The van der Waals surface area contributed by atoms with Crippen LogP contribution < -0.4 is 10.6 Å². The lowest BCUT2D eigenvalue weighted by atomic mass is 10.0. The van der Waals surface area contributed by atoms with Crippen LogP contribution in [0.15, 0.2) is 0 Å². The second-order valence-electron chi connectivity index (χ2n) is 5.39. The average Bonchev–Trinajstić information content (AvgIpc) is 2.89. The first-order valence-corrected chi connectivity index (χ1v) is 6.20. The van der Waals surface area contributed by atoms with Gasteiger partial charge in [0.05, 0.1) is 6.54 Å². The molecule has 1 amide bonds. The van der Waals surface area contributed by atoms with Crippen molar-refractivity contribution in [3.05, 3.63) is 0 Å². The molecule has 0 spiro atoms. The molecule has 0 aromatic heterocycles. The van der Waals surface area contributed by atoms with Crippen molar-refractivity contribution < 1.29 is 4.79 Å². The van der Waals surface area contributed by atoms with E-state index in [1.54, 1.807) is 0 Å². The van der Waals surface area contributed by atoms with Crippen LogP contribution in [-0.2, 0) is 4.79 Å². The van der Waals surface area contributed by atoms with Crippen molar-refractivity contribution >= 4 is 5.91 Å². The first kappa shape index (κ1) is 10.9. The van der Waals surface area contributed by atoms with Crippen LogP contribution >= 0.6 is 0 Å². The molecule has 15 heavy (non-hydrogen) atoms. The van der Waals surface area contributed by atoms with Crippen molar-refractivity contribution in [1.29, 1.82) is 0 Å². The van der Waals surface area contributed by atoms with Gasteiger partial charge < -0.3 is 10.6 Å². The van der Waals surface area contributed by atoms with E-state index in [0.29, 0.717) is 6.54 Å². The molecule has 0 aromatic rings. The van der Waals surface area contributed by atoms with Crippen LogP contribution in [0.1, 0.15) is 45.4 Å². The molecule has 0 bridgehead atoms. The molecule has 0 atom stereocenters. The Hall–Kier alpha value is -0.570. The van der Waals surface area contributed by atoms with Gasteiger partial charge in [-0.05, 0) is 45.1 Å². The molecule has 3 heteroatoms. The number of carbonyl (C=O) groups excluding carboxylic acids is 1. The van der Waals surface area contributed by atoms with Gasteiger partial charge in [-0.25, -0.2) is 0 Å². The predicted molar refractivity (Wildman–Crippen MR) is 60.6 cm³/mol. The summed E-state index contributed by atoms with van der Waals surface area (Å²) in [4.78, 5) is 11.6. The Morgan fingerprint density at radius 2 is 2.00 bits per heavy atom. The maximum atomic E-state index is 11.6. The van der Waals surface area contributed by atoms with Crippen LogP contribution in [-0.4, -0.2) is 24.5 Å². The van der Waals surface area contributed by atoms with Crippen molar-refractivity contribution in [2.24, 2.45) is 5.92 Å². The van der Waals surface area contributed by atoms with Gasteiger partial charge in [-0.15, -0.1) is 0 Å². The van der Waals surface area contributed by atoms with Crippen molar-refractivity contribution in [3.63, 3.8) is 0 Å². The zero-order valence-corrected chi connectivity index (χ0v) is 9.64.